The summed E-state index contributed by atoms with van der Waals surface area (Å²) in [4.78, 5) is 18.5. The van der Waals surface area contributed by atoms with Crippen molar-refractivity contribution < 1.29 is 32.5 Å². The van der Waals surface area contributed by atoms with Crippen LogP contribution in [0.15, 0.2) is 30.3 Å². The number of fused-ring (bicyclic) bond motifs is 1. The molecule has 7 nitrogen and oxygen atoms in total. The highest BCUT2D eigenvalue weighted by Gasteiger charge is 2.37. The lowest BCUT2D eigenvalue weighted by Gasteiger charge is -2.26. The van der Waals surface area contributed by atoms with Crippen molar-refractivity contribution in [1.29, 1.82) is 0 Å². The van der Waals surface area contributed by atoms with Gasteiger partial charge in [-0.15, -0.1) is 0 Å². The first kappa shape index (κ1) is 26.2. The van der Waals surface area contributed by atoms with Crippen LogP contribution in [0.2, 0.25) is 0 Å². The van der Waals surface area contributed by atoms with Gasteiger partial charge in [-0.25, -0.2) is 4.98 Å². The molecule has 196 valence electrons. The second-order valence-corrected chi connectivity index (χ2v) is 9.27. The molecule has 36 heavy (non-hydrogen) atoms. The molecular weight excluding hydrogens is 475 g/mol. The lowest BCUT2D eigenvalue weighted by atomic mass is 10.0. The van der Waals surface area contributed by atoms with Crippen LogP contribution in [0.3, 0.4) is 0 Å². The highest BCUT2D eigenvalue weighted by Crippen LogP contribution is 2.37. The predicted octanol–water partition coefficient (Wildman–Crippen LogP) is 4.71. The predicted molar refractivity (Wildman–Crippen MR) is 128 cm³/mol. The molecule has 10 heteroatoms. The SMILES string of the molecule is COc1cc(C(F)(F)F)ccc1C(C(=O)O)N1CC[C@@H](OCCCCc2ccc3c(n2)NCCC3)C1. The number of carbonyl (C=O) groups is 1. The van der Waals surface area contributed by atoms with Crippen molar-refractivity contribution >= 4 is 11.8 Å². The van der Waals surface area contributed by atoms with Gasteiger partial charge in [0.05, 0.1) is 18.8 Å². The van der Waals surface area contributed by atoms with Crippen molar-refractivity contribution in [1.82, 2.24) is 9.88 Å². The molecule has 0 radical (unpaired) electrons. The number of nitrogens with zero attached hydrogens (tertiary/aromatic N) is 2. The molecule has 3 heterocycles. The van der Waals surface area contributed by atoms with Crippen molar-refractivity contribution in [3.05, 3.63) is 52.7 Å². The number of carboxylic acids is 1. The van der Waals surface area contributed by atoms with Gasteiger partial charge in [0.25, 0.3) is 0 Å². The van der Waals surface area contributed by atoms with Crippen LogP contribution in [-0.4, -0.2) is 60.4 Å². The van der Waals surface area contributed by atoms with Gasteiger partial charge in [-0.2, -0.15) is 13.2 Å². The van der Waals surface area contributed by atoms with Gasteiger partial charge < -0.3 is 19.9 Å². The second-order valence-electron chi connectivity index (χ2n) is 9.27. The second kappa shape index (κ2) is 11.5. The summed E-state index contributed by atoms with van der Waals surface area (Å²) < 4.78 is 50.4. The fraction of sp³-hybridized carbons (Fsp3) is 0.538. The van der Waals surface area contributed by atoms with Crippen molar-refractivity contribution in [3.8, 4) is 5.75 Å². The number of carboxylic acid groups (broad SMARTS) is 1. The summed E-state index contributed by atoms with van der Waals surface area (Å²) in [7, 11) is 1.24. The lowest BCUT2D eigenvalue weighted by molar-refractivity contribution is -0.143. The highest BCUT2D eigenvalue weighted by molar-refractivity contribution is 5.77. The average molecular weight is 508 g/mol. The molecule has 1 aromatic heterocycles. The van der Waals surface area contributed by atoms with Crippen LogP contribution in [0, 0.1) is 0 Å². The van der Waals surface area contributed by atoms with Crippen LogP contribution >= 0.6 is 0 Å². The minimum atomic E-state index is -4.54. The third kappa shape index (κ3) is 6.28. The highest BCUT2D eigenvalue weighted by atomic mass is 19.4. The van der Waals surface area contributed by atoms with Crippen LogP contribution in [0.25, 0.3) is 0 Å². The summed E-state index contributed by atoms with van der Waals surface area (Å²) in [6.45, 7) is 2.38. The summed E-state index contributed by atoms with van der Waals surface area (Å²) >= 11 is 0. The van der Waals surface area contributed by atoms with Gasteiger partial charge in [0.2, 0.25) is 0 Å². The van der Waals surface area contributed by atoms with E-state index in [1.54, 1.807) is 4.90 Å². The van der Waals surface area contributed by atoms with Crippen LogP contribution in [0.4, 0.5) is 19.0 Å². The van der Waals surface area contributed by atoms with E-state index in [2.05, 4.69) is 17.4 Å². The molecule has 0 spiro atoms. The van der Waals surface area contributed by atoms with E-state index in [1.165, 1.54) is 18.7 Å². The number of pyridine rings is 1. The van der Waals surface area contributed by atoms with Crippen LogP contribution < -0.4 is 10.1 Å². The molecule has 1 saturated heterocycles. The molecule has 0 aliphatic carbocycles. The Balaban J connectivity index is 1.27. The number of rotatable bonds is 10. The minimum Gasteiger partial charge on any atom is -0.496 e. The maximum absolute atomic E-state index is 13.1. The molecule has 0 saturated carbocycles. The molecule has 2 atom stereocenters. The van der Waals surface area contributed by atoms with E-state index in [1.807, 2.05) is 0 Å². The van der Waals surface area contributed by atoms with Gasteiger partial charge in [-0.05, 0) is 62.3 Å². The molecule has 4 rings (SSSR count). The third-order valence-corrected chi connectivity index (χ3v) is 6.76. The number of ether oxygens (including phenoxy) is 2. The molecule has 1 fully saturated rings. The van der Waals surface area contributed by atoms with Crippen molar-refractivity contribution in [2.24, 2.45) is 0 Å². The smallest absolute Gasteiger partial charge is 0.416 e. The normalized spacial score (nSPS) is 18.9. The number of hydrogen-bond acceptors (Lipinski definition) is 6. The van der Waals surface area contributed by atoms with E-state index in [0.29, 0.717) is 26.1 Å². The minimum absolute atomic E-state index is 0.0902. The Labute approximate surface area is 208 Å². The number of benzene rings is 1. The summed E-state index contributed by atoms with van der Waals surface area (Å²) in [5.74, 6) is -0.230. The molecule has 1 aromatic carbocycles. The van der Waals surface area contributed by atoms with Crippen molar-refractivity contribution in [2.75, 3.05) is 38.7 Å². The van der Waals surface area contributed by atoms with E-state index < -0.39 is 23.8 Å². The van der Waals surface area contributed by atoms with E-state index in [4.69, 9.17) is 14.5 Å². The van der Waals surface area contributed by atoms with Crippen molar-refractivity contribution in [2.45, 2.75) is 56.8 Å². The number of hydrogen-bond donors (Lipinski definition) is 2. The Morgan fingerprint density at radius 1 is 1.28 bits per heavy atom. The first-order valence-electron chi connectivity index (χ1n) is 12.3. The van der Waals surface area contributed by atoms with E-state index in [9.17, 15) is 23.1 Å². The third-order valence-electron chi connectivity index (χ3n) is 6.76. The maximum Gasteiger partial charge on any atom is 0.416 e. The van der Waals surface area contributed by atoms with Crippen LogP contribution in [0.5, 0.6) is 5.75 Å². The molecule has 2 aliphatic rings. The number of nitrogens with one attached hydrogen (secondary N) is 1. The topological polar surface area (TPSA) is 83.9 Å². The number of unbranched alkanes of at least 4 members (excludes halogenated alkanes) is 1. The number of aromatic nitrogens is 1. The molecule has 1 unspecified atom stereocenters. The van der Waals surface area contributed by atoms with Gasteiger partial charge in [0.1, 0.15) is 17.6 Å². The van der Waals surface area contributed by atoms with Gasteiger partial charge in [0, 0.05) is 37.5 Å². The Kier molecular flexibility index (Phi) is 8.35. The summed E-state index contributed by atoms with van der Waals surface area (Å²) in [6, 6.07) is 6.06. The summed E-state index contributed by atoms with van der Waals surface area (Å²) in [5, 5.41) is 13.2. The molecule has 2 aliphatic heterocycles. The first-order chi connectivity index (χ1) is 17.3. The summed E-state index contributed by atoms with van der Waals surface area (Å²) in [5.41, 5.74) is 1.65. The fourth-order valence-electron chi connectivity index (χ4n) is 4.89. The monoisotopic (exact) mass is 507 g/mol. The zero-order valence-corrected chi connectivity index (χ0v) is 20.3. The Hall–Kier alpha value is -2.85. The van der Waals surface area contributed by atoms with Crippen LogP contribution in [-0.2, 0) is 28.5 Å². The molecule has 0 amide bonds. The zero-order valence-electron chi connectivity index (χ0n) is 20.3. The first-order valence-corrected chi connectivity index (χ1v) is 12.3. The molecule has 2 aromatic rings. The summed E-state index contributed by atoms with van der Waals surface area (Å²) in [6.07, 6.45) is 0.850. The lowest BCUT2D eigenvalue weighted by Crippen LogP contribution is -2.33. The quantitative estimate of drug-likeness (QED) is 0.451. The van der Waals surface area contributed by atoms with Crippen LogP contribution in [0.1, 0.15) is 54.1 Å². The molecule has 2 N–H and O–H groups in total. The number of likely N-dealkylation sites (tertiary alicyclic amines) is 1. The Morgan fingerprint density at radius 2 is 2.11 bits per heavy atom. The van der Waals surface area contributed by atoms with Gasteiger partial charge in [0.15, 0.2) is 0 Å². The molecular formula is C26H32F3N3O4. The standard InChI is InChI=1S/C26H32F3N3O4/c1-35-22-15-18(26(27,28)29)8-10-21(22)23(25(33)34)32-13-11-20(16-32)36-14-3-2-6-19-9-7-17-5-4-12-30-24(17)31-19/h7-10,15,20,23H,2-6,11-14,16H2,1H3,(H,30,31)(H,33,34)/t20-,23?/m1/s1. The largest absolute Gasteiger partial charge is 0.496 e. The number of alkyl halides is 3. The van der Waals surface area contributed by atoms with E-state index in [-0.39, 0.29) is 17.4 Å². The number of anilines is 1. The Morgan fingerprint density at radius 3 is 2.86 bits per heavy atom. The number of aliphatic carboxylic acids is 1. The van der Waals surface area contributed by atoms with Gasteiger partial charge >= 0.3 is 12.1 Å². The van der Waals surface area contributed by atoms with Gasteiger partial charge in [-0.1, -0.05) is 12.1 Å². The average Bonchev–Trinajstić information content (AvgIpc) is 3.31. The van der Waals surface area contributed by atoms with Crippen molar-refractivity contribution in [3.63, 3.8) is 0 Å². The van der Waals surface area contributed by atoms with E-state index in [0.717, 1.165) is 62.3 Å². The maximum atomic E-state index is 13.1. The zero-order chi connectivity index (χ0) is 25.7. The van der Waals surface area contributed by atoms with Gasteiger partial charge in [-0.3, -0.25) is 9.69 Å². The number of halogens is 3. The number of methoxy groups -OCH3 is 1. The fourth-order valence-corrected chi connectivity index (χ4v) is 4.89. The van der Waals surface area contributed by atoms with E-state index >= 15 is 0 Å². The number of aryl methyl sites for hydroxylation is 2. The molecule has 0 bridgehead atoms. The Bertz CT molecular complexity index is 1060.